The number of anilines is 2. The Hall–Kier alpha value is -3.06. The molecule has 0 aliphatic heterocycles. The van der Waals surface area contributed by atoms with Gasteiger partial charge in [0.05, 0.1) is 0 Å². The third-order valence-corrected chi connectivity index (χ3v) is 6.09. The van der Waals surface area contributed by atoms with Crippen molar-refractivity contribution >= 4 is 16.9 Å². The molecule has 0 N–H and O–H groups in total. The molecule has 0 spiro atoms. The summed E-state index contributed by atoms with van der Waals surface area (Å²) in [5, 5.41) is 0. The van der Waals surface area contributed by atoms with Gasteiger partial charge in [-0.1, -0.05) is 75.0 Å². The smallest absolute Gasteiger partial charge is 0.0493 e. The highest BCUT2D eigenvalue weighted by Gasteiger charge is 2.36. The van der Waals surface area contributed by atoms with Crippen molar-refractivity contribution in [1.29, 1.82) is 0 Å². The van der Waals surface area contributed by atoms with Crippen molar-refractivity contribution in [2.24, 2.45) is 0 Å². The van der Waals surface area contributed by atoms with E-state index in [9.17, 15) is 0 Å². The summed E-state index contributed by atoms with van der Waals surface area (Å²) in [5.41, 5.74) is 10.1. The zero-order chi connectivity index (χ0) is 20.6. The molecule has 4 rings (SSSR count). The van der Waals surface area contributed by atoms with Crippen molar-refractivity contribution in [2.75, 3.05) is 11.4 Å². The van der Waals surface area contributed by atoms with E-state index in [1.165, 1.54) is 39.2 Å². The van der Waals surface area contributed by atoms with E-state index in [2.05, 4.69) is 111 Å². The van der Waals surface area contributed by atoms with E-state index in [1.807, 2.05) is 6.92 Å². The van der Waals surface area contributed by atoms with Gasteiger partial charge in [-0.15, -0.1) is 0 Å². The van der Waals surface area contributed by atoms with Gasteiger partial charge in [-0.25, -0.2) is 0 Å². The zero-order valence-corrected chi connectivity index (χ0v) is 17.9. The Morgan fingerprint density at radius 2 is 1.62 bits per heavy atom. The fourth-order valence-electron chi connectivity index (χ4n) is 4.61. The second-order valence-corrected chi connectivity index (χ2v) is 8.19. The van der Waals surface area contributed by atoms with Crippen LogP contribution in [0.3, 0.4) is 0 Å². The predicted octanol–water partition coefficient (Wildman–Crippen LogP) is 7.74. The average Bonchev–Trinajstić information content (AvgIpc) is 2.96. The molecule has 1 nitrogen and oxygen atoms in total. The number of hydrogen-bond acceptors (Lipinski definition) is 1. The molecule has 1 aliphatic rings. The van der Waals surface area contributed by atoms with Crippen molar-refractivity contribution in [2.45, 2.75) is 33.1 Å². The molecule has 0 bridgehead atoms. The van der Waals surface area contributed by atoms with Crippen LogP contribution in [0.5, 0.6) is 0 Å². The Labute approximate surface area is 175 Å². The molecule has 3 aromatic carbocycles. The van der Waals surface area contributed by atoms with Crippen LogP contribution in [0, 0.1) is 0 Å². The molecule has 0 fully saturated rings. The molecule has 1 aliphatic carbocycles. The van der Waals surface area contributed by atoms with Gasteiger partial charge in [0.25, 0.3) is 0 Å². The van der Waals surface area contributed by atoms with E-state index in [0.717, 1.165) is 12.1 Å². The molecule has 0 heterocycles. The Morgan fingerprint density at radius 1 is 0.931 bits per heavy atom. The largest absolute Gasteiger partial charge is 0.341 e. The van der Waals surface area contributed by atoms with E-state index in [-0.39, 0.29) is 5.41 Å². The van der Waals surface area contributed by atoms with Gasteiger partial charge in [0.15, 0.2) is 0 Å². The Bertz CT molecular complexity index is 1090. The number of nitrogens with zero attached hydrogens (tertiary/aromatic N) is 1. The molecule has 146 valence electrons. The fraction of sp³-hybridized carbons (Fsp3) is 0.214. The molecule has 0 saturated heterocycles. The van der Waals surface area contributed by atoms with Crippen LogP contribution >= 0.6 is 0 Å². The molecule has 0 aromatic heterocycles. The first-order valence-corrected chi connectivity index (χ1v) is 10.4. The maximum absolute atomic E-state index is 4.39. The lowest BCUT2D eigenvalue weighted by Gasteiger charge is -2.29. The molecule has 0 unspecified atom stereocenters. The van der Waals surface area contributed by atoms with Gasteiger partial charge in [-0.05, 0) is 65.9 Å². The lowest BCUT2D eigenvalue weighted by Crippen LogP contribution is -2.20. The third kappa shape index (κ3) is 3.11. The SMILES string of the molecule is C=C(/C=C\C)c1cc2c(cc1N(CC)c1ccccc1)C(C)(C)c1ccccc1-2. The summed E-state index contributed by atoms with van der Waals surface area (Å²) in [4.78, 5) is 2.39. The van der Waals surface area contributed by atoms with Crippen LogP contribution in [0.15, 0.2) is 85.5 Å². The summed E-state index contributed by atoms with van der Waals surface area (Å²) in [7, 11) is 0. The Balaban J connectivity index is 1.99. The summed E-state index contributed by atoms with van der Waals surface area (Å²) in [6, 6.07) is 24.2. The number of allylic oxidation sites excluding steroid dienone is 3. The van der Waals surface area contributed by atoms with E-state index >= 15 is 0 Å². The molecule has 1 heteroatoms. The van der Waals surface area contributed by atoms with E-state index in [1.54, 1.807) is 0 Å². The topological polar surface area (TPSA) is 3.24 Å². The average molecular weight is 380 g/mol. The van der Waals surface area contributed by atoms with Crippen LogP contribution in [0.4, 0.5) is 11.4 Å². The minimum Gasteiger partial charge on any atom is -0.341 e. The van der Waals surface area contributed by atoms with Gasteiger partial charge >= 0.3 is 0 Å². The maximum Gasteiger partial charge on any atom is 0.0493 e. The van der Waals surface area contributed by atoms with Crippen LogP contribution in [0.25, 0.3) is 16.7 Å². The number of fused-ring (bicyclic) bond motifs is 3. The van der Waals surface area contributed by atoms with E-state index in [0.29, 0.717) is 0 Å². The lowest BCUT2D eigenvalue weighted by atomic mass is 9.81. The molecule has 0 amide bonds. The van der Waals surface area contributed by atoms with E-state index in [4.69, 9.17) is 0 Å². The summed E-state index contributed by atoms with van der Waals surface area (Å²) >= 11 is 0. The second-order valence-electron chi connectivity index (χ2n) is 8.19. The third-order valence-electron chi connectivity index (χ3n) is 6.09. The first-order valence-electron chi connectivity index (χ1n) is 10.4. The van der Waals surface area contributed by atoms with Gasteiger partial charge in [0.2, 0.25) is 0 Å². The van der Waals surface area contributed by atoms with Crippen molar-refractivity contribution in [3.63, 3.8) is 0 Å². The van der Waals surface area contributed by atoms with Gasteiger partial charge in [-0.3, -0.25) is 0 Å². The highest BCUT2D eigenvalue weighted by atomic mass is 15.1. The second kappa shape index (κ2) is 7.40. The Morgan fingerprint density at radius 3 is 2.31 bits per heavy atom. The quantitative estimate of drug-likeness (QED) is 0.410. The summed E-state index contributed by atoms with van der Waals surface area (Å²) in [5.74, 6) is 0. The molecular weight excluding hydrogens is 350 g/mol. The van der Waals surface area contributed by atoms with Gasteiger partial charge < -0.3 is 4.90 Å². The van der Waals surface area contributed by atoms with Crippen molar-refractivity contribution < 1.29 is 0 Å². The van der Waals surface area contributed by atoms with Crippen LogP contribution in [-0.4, -0.2) is 6.54 Å². The Kier molecular flexibility index (Phi) is 4.92. The first-order chi connectivity index (χ1) is 14.0. The van der Waals surface area contributed by atoms with Crippen molar-refractivity contribution in [3.05, 3.63) is 102 Å². The van der Waals surface area contributed by atoms with Crippen LogP contribution in [-0.2, 0) is 5.41 Å². The lowest BCUT2D eigenvalue weighted by molar-refractivity contribution is 0.660. The molecule has 0 atom stereocenters. The molecule has 0 radical (unpaired) electrons. The molecule has 0 saturated carbocycles. The summed E-state index contributed by atoms with van der Waals surface area (Å²) in [6.07, 6.45) is 4.17. The molecular formula is C28H29N. The summed E-state index contributed by atoms with van der Waals surface area (Å²) < 4.78 is 0. The minimum atomic E-state index is -0.0166. The number of rotatable bonds is 5. The minimum absolute atomic E-state index is 0.0166. The molecule has 3 aromatic rings. The highest BCUT2D eigenvalue weighted by Crippen LogP contribution is 2.51. The maximum atomic E-state index is 4.39. The van der Waals surface area contributed by atoms with Gasteiger partial charge in [-0.2, -0.15) is 0 Å². The first kappa shape index (κ1) is 19.3. The van der Waals surface area contributed by atoms with E-state index < -0.39 is 0 Å². The number of para-hydroxylation sites is 1. The normalized spacial score (nSPS) is 13.9. The van der Waals surface area contributed by atoms with Crippen LogP contribution in [0.1, 0.15) is 44.4 Å². The fourth-order valence-corrected chi connectivity index (χ4v) is 4.61. The summed E-state index contributed by atoms with van der Waals surface area (Å²) in [6.45, 7) is 14.2. The standard InChI is InChI=1S/C28H29N/c1-6-13-20(3)23-18-24-22-16-11-12-17-25(22)28(4,5)26(24)19-27(23)29(7-2)21-14-9-8-10-15-21/h6,8-19H,3,7H2,1-2,4-5H3/b13-6-. The van der Waals surface area contributed by atoms with Gasteiger partial charge in [0.1, 0.15) is 0 Å². The predicted molar refractivity (Wildman–Crippen MR) is 127 cm³/mol. The van der Waals surface area contributed by atoms with Gasteiger partial charge in [0, 0.05) is 28.9 Å². The number of benzene rings is 3. The van der Waals surface area contributed by atoms with Crippen molar-refractivity contribution in [3.8, 4) is 11.1 Å². The highest BCUT2D eigenvalue weighted by molar-refractivity contribution is 5.91. The monoisotopic (exact) mass is 379 g/mol. The molecule has 29 heavy (non-hydrogen) atoms. The zero-order valence-electron chi connectivity index (χ0n) is 17.9. The number of hydrogen-bond donors (Lipinski definition) is 0. The van der Waals surface area contributed by atoms with Crippen LogP contribution in [0.2, 0.25) is 0 Å². The van der Waals surface area contributed by atoms with Crippen molar-refractivity contribution in [1.82, 2.24) is 0 Å². The van der Waals surface area contributed by atoms with Crippen LogP contribution < -0.4 is 4.90 Å².